The maximum atomic E-state index is 11.5. The van der Waals surface area contributed by atoms with Gasteiger partial charge in [-0.15, -0.1) is 10.2 Å². The fraction of sp³-hybridized carbons (Fsp3) is 0.438. The van der Waals surface area contributed by atoms with Crippen molar-refractivity contribution in [3.8, 4) is 23.0 Å². The van der Waals surface area contributed by atoms with Crippen molar-refractivity contribution in [2.45, 2.75) is 25.7 Å². The Morgan fingerprint density at radius 3 is 3.00 bits per heavy atom. The number of aromatic nitrogens is 2. The van der Waals surface area contributed by atoms with Gasteiger partial charge in [-0.1, -0.05) is 0 Å². The molecule has 4 rings (SSSR count). The van der Waals surface area contributed by atoms with Crippen LogP contribution in [0.4, 0.5) is 0 Å². The van der Waals surface area contributed by atoms with E-state index in [1.807, 2.05) is 23.1 Å². The summed E-state index contributed by atoms with van der Waals surface area (Å²) in [5.74, 6) is 2.63. The van der Waals surface area contributed by atoms with E-state index in [1.54, 1.807) is 6.92 Å². The summed E-state index contributed by atoms with van der Waals surface area (Å²) in [6, 6.07) is 5.54. The number of carbonyl (C=O) groups excluding carboxylic acids is 1. The molecule has 0 radical (unpaired) electrons. The quantitative estimate of drug-likeness (QED) is 0.845. The highest BCUT2D eigenvalue weighted by molar-refractivity contribution is 5.73. The van der Waals surface area contributed by atoms with Gasteiger partial charge in [-0.2, -0.15) is 0 Å². The summed E-state index contributed by atoms with van der Waals surface area (Å²) in [7, 11) is 0. The number of nitrogens with zero attached hydrogens (tertiary/aromatic N) is 3. The predicted octanol–water partition coefficient (Wildman–Crippen LogP) is 2.19. The lowest BCUT2D eigenvalue weighted by Crippen LogP contribution is -2.37. The van der Waals surface area contributed by atoms with E-state index >= 15 is 0 Å². The molecule has 7 nitrogen and oxygen atoms in total. The number of rotatable bonds is 2. The molecule has 0 bridgehead atoms. The number of amides is 1. The predicted molar refractivity (Wildman–Crippen MR) is 80.1 cm³/mol. The number of hydrogen-bond donors (Lipinski definition) is 0. The van der Waals surface area contributed by atoms with Crippen LogP contribution in [0.15, 0.2) is 22.6 Å². The number of carbonyl (C=O) groups is 1. The van der Waals surface area contributed by atoms with Gasteiger partial charge >= 0.3 is 0 Å². The molecule has 1 amide bonds. The third-order valence-electron chi connectivity index (χ3n) is 4.28. The lowest BCUT2D eigenvalue weighted by molar-refractivity contribution is -0.130. The highest BCUT2D eigenvalue weighted by atomic mass is 16.7. The van der Waals surface area contributed by atoms with E-state index in [9.17, 15) is 4.79 Å². The lowest BCUT2D eigenvalue weighted by Gasteiger charge is -2.30. The van der Waals surface area contributed by atoms with E-state index in [-0.39, 0.29) is 18.6 Å². The van der Waals surface area contributed by atoms with Crippen LogP contribution in [0, 0.1) is 0 Å². The zero-order valence-electron chi connectivity index (χ0n) is 12.8. The van der Waals surface area contributed by atoms with Crippen LogP contribution in [-0.4, -0.2) is 40.9 Å². The number of ether oxygens (including phenoxy) is 2. The van der Waals surface area contributed by atoms with Crippen LogP contribution in [-0.2, 0) is 4.79 Å². The first kappa shape index (κ1) is 14.0. The van der Waals surface area contributed by atoms with Gasteiger partial charge in [0.1, 0.15) is 0 Å². The molecule has 1 aromatic heterocycles. The van der Waals surface area contributed by atoms with Crippen molar-refractivity contribution in [1.29, 1.82) is 0 Å². The van der Waals surface area contributed by atoms with Gasteiger partial charge in [0.25, 0.3) is 0 Å². The molecule has 1 saturated heterocycles. The van der Waals surface area contributed by atoms with Gasteiger partial charge in [0.05, 0.1) is 5.92 Å². The summed E-state index contributed by atoms with van der Waals surface area (Å²) in [6.07, 6.45) is 1.90. The van der Waals surface area contributed by atoms with E-state index in [0.29, 0.717) is 24.1 Å². The Bertz CT molecular complexity index is 743. The normalized spacial score (nSPS) is 19.9. The molecule has 0 saturated carbocycles. The molecule has 2 aliphatic rings. The summed E-state index contributed by atoms with van der Waals surface area (Å²) >= 11 is 0. The van der Waals surface area contributed by atoms with E-state index in [2.05, 4.69) is 10.2 Å². The van der Waals surface area contributed by atoms with Gasteiger partial charge in [-0.05, 0) is 31.0 Å². The topological polar surface area (TPSA) is 77.7 Å². The number of hydrogen-bond acceptors (Lipinski definition) is 6. The summed E-state index contributed by atoms with van der Waals surface area (Å²) in [5.41, 5.74) is 0.798. The second-order valence-electron chi connectivity index (χ2n) is 5.82. The van der Waals surface area contributed by atoms with Crippen molar-refractivity contribution in [3.63, 3.8) is 0 Å². The van der Waals surface area contributed by atoms with Crippen molar-refractivity contribution in [2.24, 2.45) is 0 Å². The lowest BCUT2D eigenvalue weighted by atomic mass is 9.98. The van der Waals surface area contributed by atoms with Crippen LogP contribution in [0.1, 0.15) is 31.6 Å². The fourth-order valence-electron chi connectivity index (χ4n) is 3.01. The van der Waals surface area contributed by atoms with Crippen LogP contribution in [0.2, 0.25) is 0 Å². The molecular formula is C16H17N3O4. The van der Waals surface area contributed by atoms with Crippen LogP contribution >= 0.6 is 0 Å². The summed E-state index contributed by atoms with van der Waals surface area (Å²) in [6.45, 7) is 3.26. The van der Waals surface area contributed by atoms with Crippen molar-refractivity contribution < 1.29 is 18.7 Å². The van der Waals surface area contributed by atoms with E-state index in [0.717, 1.165) is 30.7 Å². The SMILES string of the molecule is CC(=O)N1CCC[C@H](c2nnc(-c3ccc4c(c3)OCO4)o2)C1. The Kier molecular flexibility index (Phi) is 3.40. The fourth-order valence-corrected chi connectivity index (χ4v) is 3.01. The molecule has 1 aromatic carbocycles. The third-order valence-corrected chi connectivity index (χ3v) is 4.28. The highest BCUT2D eigenvalue weighted by Gasteiger charge is 2.27. The van der Waals surface area contributed by atoms with Gasteiger partial charge in [0.15, 0.2) is 11.5 Å². The molecule has 7 heteroatoms. The van der Waals surface area contributed by atoms with Gasteiger partial charge in [-0.25, -0.2) is 0 Å². The average Bonchev–Trinajstić information content (AvgIpc) is 3.23. The molecular weight excluding hydrogens is 298 g/mol. The maximum Gasteiger partial charge on any atom is 0.247 e. The van der Waals surface area contributed by atoms with Crippen LogP contribution in [0.25, 0.3) is 11.5 Å². The van der Waals surface area contributed by atoms with E-state index < -0.39 is 0 Å². The summed E-state index contributed by atoms with van der Waals surface area (Å²) < 4.78 is 16.5. The van der Waals surface area contributed by atoms with Crippen LogP contribution in [0.3, 0.4) is 0 Å². The van der Waals surface area contributed by atoms with Gasteiger partial charge in [0.2, 0.25) is 24.5 Å². The average molecular weight is 315 g/mol. The maximum absolute atomic E-state index is 11.5. The number of fused-ring (bicyclic) bond motifs is 1. The Morgan fingerprint density at radius 2 is 2.13 bits per heavy atom. The first-order chi connectivity index (χ1) is 11.2. The molecule has 2 aliphatic heterocycles. The Morgan fingerprint density at radius 1 is 1.26 bits per heavy atom. The van der Waals surface area contributed by atoms with Crippen molar-refractivity contribution in [2.75, 3.05) is 19.9 Å². The monoisotopic (exact) mass is 315 g/mol. The van der Waals surface area contributed by atoms with Gasteiger partial charge in [-0.3, -0.25) is 4.79 Å². The molecule has 0 N–H and O–H groups in total. The second-order valence-corrected chi connectivity index (χ2v) is 5.82. The Labute approximate surface area is 133 Å². The van der Waals surface area contributed by atoms with E-state index in [1.165, 1.54) is 0 Å². The van der Waals surface area contributed by atoms with Gasteiger partial charge < -0.3 is 18.8 Å². The molecule has 0 aliphatic carbocycles. The minimum Gasteiger partial charge on any atom is -0.454 e. The first-order valence-electron chi connectivity index (χ1n) is 7.69. The molecule has 0 spiro atoms. The molecule has 0 unspecified atom stereocenters. The first-order valence-corrected chi connectivity index (χ1v) is 7.69. The molecule has 120 valence electrons. The molecule has 2 aromatic rings. The zero-order chi connectivity index (χ0) is 15.8. The molecule has 3 heterocycles. The van der Waals surface area contributed by atoms with Crippen LogP contribution in [0.5, 0.6) is 11.5 Å². The second kappa shape index (κ2) is 5.57. The number of likely N-dealkylation sites (tertiary alicyclic amines) is 1. The van der Waals surface area contributed by atoms with Gasteiger partial charge in [0, 0.05) is 25.6 Å². The van der Waals surface area contributed by atoms with Crippen molar-refractivity contribution in [1.82, 2.24) is 15.1 Å². The highest BCUT2D eigenvalue weighted by Crippen LogP contribution is 2.36. The Balaban J connectivity index is 1.56. The smallest absolute Gasteiger partial charge is 0.247 e. The largest absolute Gasteiger partial charge is 0.454 e. The minimum atomic E-state index is 0.0882. The summed E-state index contributed by atoms with van der Waals surface area (Å²) in [4.78, 5) is 13.4. The summed E-state index contributed by atoms with van der Waals surface area (Å²) in [5, 5.41) is 8.32. The number of piperidine rings is 1. The molecule has 23 heavy (non-hydrogen) atoms. The minimum absolute atomic E-state index is 0.0882. The number of benzene rings is 1. The zero-order valence-corrected chi connectivity index (χ0v) is 12.8. The Hall–Kier alpha value is -2.57. The third kappa shape index (κ3) is 2.62. The van der Waals surface area contributed by atoms with E-state index in [4.69, 9.17) is 13.9 Å². The molecule has 1 atom stereocenters. The van der Waals surface area contributed by atoms with Crippen molar-refractivity contribution >= 4 is 5.91 Å². The van der Waals surface area contributed by atoms with Crippen molar-refractivity contribution in [3.05, 3.63) is 24.1 Å². The molecule has 1 fully saturated rings. The van der Waals surface area contributed by atoms with Crippen LogP contribution < -0.4 is 9.47 Å². The standard InChI is InChI=1S/C16H17N3O4/c1-10(20)19-6-2-3-12(8-19)16-18-17-15(23-16)11-4-5-13-14(7-11)22-9-21-13/h4-5,7,12H,2-3,6,8-9H2,1H3/t12-/m0/s1.